The number of aryl methyl sites for hydroxylation is 1. The van der Waals surface area contributed by atoms with E-state index in [1.807, 2.05) is 13.0 Å². The molecule has 1 aromatic carbocycles. The van der Waals surface area contributed by atoms with E-state index in [4.69, 9.17) is 0 Å². The van der Waals surface area contributed by atoms with Crippen LogP contribution in [0.5, 0.6) is 5.75 Å². The lowest BCUT2D eigenvalue weighted by Crippen LogP contribution is -2.23. The first-order chi connectivity index (χ1) is 9.29. The third-order valence-electron chi connectivity index (χ3n) is 3.67. The molecule has 2 rings (SSSR count). The topological polar surface area (TPSA) is 32.3 Å². The highest BCUT2D eigenvalue weighted by Crippen LogP contribution is 2.45. The lowest BCUT2D eigenvalue weighted by molar-refractivity contribution is -0.0327. The molecule has 0 spiro atoms. The molecule has 6 heteroatoms. The third kappa shape index (κ3) is 3.41. The van der Waals surface area contributed by atoms with Gasteiger partial charge < -0.3 is 10.4 Å². The number of nitrogens with one attached hydrogen (secondary N) is 1. The van der Waals surface area contributed by atoms with Crippen molar-refractivity contribution in [2.75, 3.05) is 12.3 Å². The maximum atomic E-state index is 12.1. The molecule has 0 amide bonds. The summed E-state index contributed by atoms with van der Waals surface area (Å²) in [6, 6.07) is 3.48. The van der Waals surface area contributed by atoms with E-state index in [-0.39, 0.29) is 35.9 Å². The maximum absolute atomic E-state index is 12.1. The molecule has 0 aliphatic heterocycles. The minimum Gasteiger partial charge on any atom is -0.508 e. The highest BCUT2D eigenvalue weighted by molar-refractivity contribution is 8.00. The second-order valence-electron chi connectivity index (χ2n) is 5.17. The molecule has 0 saturated carbocycles. The van der Waals surface area contributed by atoms with Crippen LogP contribution in [0.4, 0.5) is 13.2 Å². The molecule has 0 fully saturated rings. The molecule has 1 aliphatic carbocycles. The zero-order valence-corrected chi connectivity index (χ0v) is 12.2. The SMILES string of the molecule is Cc1ccc(O)c2c1C(C)CC2NCCSC(F)(F)F. The second kappa shape index (κ2) is 5.85. The average molecular weight is 305 g/mol. The van der Waals surface area contributed by atoms with E-state index in [1.165, 1.54) is 0 Å². The maximum Gasteiger partial charge on any atom is 0.441 e. The molecule has 0 saturated heterocycles. The van der Waals surface area contributed by atoms with Gasteiger partial charge in [-0.1, -0.05) is 13.0 Å². The Morgan fingerprint density at radius 2 is 2.05 bits per heavy atom. The summed E-state index contributed by atoms with van der Waals surface area (Å²) in [7, 11) is 0. The fraction of sp³-hybridized carbons (Fsp3) is 0.571. The van der Waals surface area contributed by atoms with Crippen LogP contribution < -0.4 is 5.32 Å². The predicted octanol–water partition coefficient (Wildman–Crippen LogP) is 4.09. The summed E-state index contributed by atoms with van der Waals surface area (Å²) in [5.41, 5.74) is -1.07. The van der Waals surface area contributed by atoms with Crippen LogP contribution in [0.3, 0.4) is 0 Å². The largest absolute Gasteiger partial charge is 0.508 e. The summed E-state index contributed by atoms with van der Waals surface area (Å²) in [5.74, 6) is 0.525. The fourth-order valence-corrected chi connectivity index (χ4v) is 3.38. The minimum atomic E-state index is -4.18. The predicted molar refractivity (Wildman–Crippen MR) is 75.1 cm³/mol. The standard InChI is InChI=1S/C14H18F3NOS/c1-8-3-4-11(19)13-10(7-9(2)12(8)13)18-5-6-20-14(15,16)17/h3-4,9-10,18-19H,5-7H2,1-2H3. The van der Waals surface area contributed by atoms with E-state index in [2.05, 4.69) is 12.2 Å². The van der Waals surface area contributed by atoms with Gasteiger partial charge in [0.2, 0.25) is 0 Å². The molecule has 1 aliphatic rings. The van der Waals surface area contributed by atoms with Gasteiger partial charge in [0.15, 0.2) is 0 Å². The number of alkyl halides is 3. The Kier molecular flexibility index (Phi) is 4.54. The van der Waals surface area contributed by atoms with Crippen molar-refractivity contribution in [3.05, 3.63) is 28.8 Å². The van der Waals surface area contributed by atoms with E-state index in [9.17, 15) is 18.3 Å². The Balaban J connectivity index is 2.02. The van der Waals surface area contributed by atoms with Crippen molar-refractivity contribution < 1.29 is 18.3 Å². The number of hydrogen-bond acceptors (Lipinski definition) is 3. The summed E-state index contributed by atoms with van der Waals surface area (Å²) >= 11 is -0.0186. The van der Waals surface area contributed by atoms with Crippen molar-refractivity contribution in [2.24, 2.45) is 0 Å². The van der Waals surface area contributed by atoms with E-state index < -0.39 is 5.51 Å². The van der Waals surface area contributed by atoms with Crippen LogP contribution in [0.1, 0.15) is 42.0 Å². The van der Waals surface area contributed by atoms with Gasteiger partial charge in [-0.15, -0.1) is 0 Å². The fourth-order valence-electron chi connectivity index (χ4n) is 2.93. The molecular formula is C14H18F3NOS. The van der Waals surface area contributed by atoms with E-state index >= 15 is 0 Å². The smallest absolute Gasteiger partial charge is 0.441 e. The van der Waals surface area contributed by atoms with E-state index in [0.29, 0.717) is 5.92 Å². The summed E-state index contributed by atoms with van der Waals surface area (Å²) < 4.78 is 36.2. The van der Waals surface area contributed by atoms with Gasteiger partial charge in [0.25, 0.3) is 0 Å². The number of phenolic OH excluding ortho intramolecular Hbond substituents is 1. The third-order valence-corrected chi connectivity index (χ3v) is 4.41. The van der Waals surface area contributed by atoms with Crippen LogP contribution >= 0.6 is 11.8 Å². The van der Waals surface area contributed by atoms with Crippen LogP contribution in [0.25, 0.3) is 0 Å². The highest BCUT2D eigenvalue weighted by Gasteiger charge is 2.32. The van der Waals surface area contributed by atoms with Crippen LogP contribution in [0.2, 0.25) is 0 Å². The van der Waals surface area contributed by atoms with Gasteiger partial charge in [0, 0.05) is 23.9 Å². The summed E-state index contributed by atoms with van der Waals surface area (Å²) in [6.07, 6.45) is 0.810. The number of rotatable bonds is 4. The Hall–Kier alpha value is -0.880. The van der Waals surface area contributed by atoms with Crippen molar-refractivity contribution in [1.82, 2.24) is 5.32 Å². The van der Waals surface area contributed by atoms with Gasteiger partial charge in [0.05, 0.1) is 0 Å². The molecule has 0 heterocycles. The minimum absolute atomic E-state index is 0.0176. The first-order valence-electron chi connectivity index (χ1n) is 6.56. The summed E-state index contributed by atoms with van der Waals surface area (Å²) in [4.78, 5) is 0. The average Bonchev–Trinajstić information content (AvgIpc) is 2.67. The van der Waals surface area contributed by atoms with Crippen LogP contribution in [-0.4, -0.2) is 22.9 Å². The molecule has 0 aromatic heterocycles. The first-order valence-corrected chi connectivity index (χ1v) is 7.54. The molecule has 2 nitrogen and oxygen atoms in total. The molecule has 2 unspecified atom stereocenters. The molecule has 1 aromatic rings. The monoisotopic (exact) mass is 305 g/mol. The van der Waals surface area contributed by atoms with Crippen molar-refractivity contribution in [3.8, 4) is 5.75 Å². The van der Waals surface area contributed by atoms with Crippen LogP contribution in [-0.2, 0) is 0 Å². The lowest BCUT2D eigenvalue weighted by atomic mass is 9.97. The van der Waals surface area contributed by atoms with Crippen LogP contribution in [0, 0.1) is 6.92 Å². The Labute approximate surface area is 120 Å². The number of benzene rings is 1. The van der Waals surface area contributed by atoms with Crippen molar-refractivity contribution in [3.63, 3.8) is 0 Å². The van der Waals surface area contributed by atoms with Gasteiger partial charge in [0.1, 0.15) is 5.75 Å². The number of thioether (sulfide) groups is 1. The molecule has 112 valence electrons. The number of hydrogen-bond donors (Lipinski definition) is 2. The normalized spacial score (nSPS) is 22.1. The Morgan fingerprint density at radius 3 is 2.70 bits per heavy atom. The van der Waals surface area contributed by atoms with Crippen molar-refractivity contribution in [2.45, 2.75) is 37.7 Å². The van der Waals surface area contributed by atoms with Crippen LogP contribution in [0.15, 0.2) is 12.1 Å². The summed E-state index contributed by atoms with van der Waals surface area (Å²) in [5, 5.41) is 13.1. The lowest BCUT2D eigenvalue weighted by Gasteiger charge is -2.16. The molecule has 2 atom stereocenters. The van der Waals surface area contributed by atoms with Gasteiger partial charge >= 0.3 is 5.51 Å². The number of halogens is 3. The van der Waals surface area contributed by atoms with E-state index in [0.717, 1.165) is 23.1 Å². The van der Waals surface area contributed by atoms with Crippen molar-refractivity contribution >= 4 is 11.8 Å². The second-order valence-corrected chi connectivity index (χ2v) is 6.33. The first kappa shape index (κ1) is 15.5. The van der Waals surface area contributed by atoms with Gasteiger partial charge in [-0.3, -0.25) is 0 Å². The van der Waals surface area contributed by atoms with Crippen molar-refractivity contribution in [1.29, 1.82) is 0 Å². The number of fused-ring (bicyclic) bond motifs is 1. The van der Waals surface area contributed by atoms with E-state index in [1.54, 1.807) is 6.07 Å². The molecule has 20 heavy (non-hydrogen) atoms. The molecule has 2 N–H and O–H groups in total. The zero-order valence-electron chi connectivity index (χ0n) is 11.4. The number of phenols is 1. The molecular weight excluding hydrogens is 287 g/mol. The molecule has 0 bridgehead atoms. The number of aromatic hydroxyl groups is 1. The Bertz CT molecular complexity index is 490. The quantitative estimate of drug-likeness (QED) is 0.822. The van der Waals surface area contributed by atoms with Gasteiger partial charge in [-0.05, 0) is 48.2 Å². The van der Waals surface area contributed by atoms with Gasteiger partial charge in [-0.25, -0.2) is 0 Å². The highest BCUT2D eigenvalue weighted by atomic mass is 32.2. The Morgan fingerprint density at radius 1 is 1.35 bits per heavy atom. The zero-order chi connectivity index (χ0) is 14.9. The van der Waals surface area contributed by atoms with Gasteiger partial charge in [-0.2, -0.15) is 13.2 Å². The summed E-state index contributed by atoms with van der Waals surface area (Å²) in [6.45, 7) is 4.35. The molecule has 0 radical (unpaired) electrons.